The van der Waals surface area contributed by atoms with Gasteiger partial charge in [-0.05, 0) is 78.4 Å². The molecule has 0 aliphatic heterocycles. The van der Waals surface area contributed by atoms with E-state index >= 15 is 0 Å². The highest BCUT2D eigenvalue weighted by atomic mass is 32.2. The van der Waals surface area contributed by atoms with Crippen LogP contribution in [-0.4, -0.2) is 39.1 Å². The number of nitrogens with one attached hydrogen (secondary N) is 3. The van der Waals surface area contributed by atoms with Crippen molar-refractivity contribution in [2.24, 2.45) is 0 Å². The molecule has 0 aliphatic carbocycles. The van der Waals surface area contributed by atoms with Crippen LogP contribution in [0.3, 0.4) is 0 Å². The van der Waals surface area contributed by atoms with Crippen molar-refractivity contribution in [3.63, 3.8) is 0 Å². The molecule has 0 radical (unpaired) electrons. The number of anilines is 2. The second kappa shape index (κ2) is 17.7. The Kier molecular flexibility index (Phi) is 12.1. The first kappa shape index (κ1) is 37.1. The first-order valence-electron chi connectivity index (χ1n) is 16.8. The number of thioether (sulfide) groups is 1. The van der Waals surface area contributed by atoms with E-state index in [4.69, 9.17) is 18.6 Å². The summed E-state index contributed by atoms with van der Waals surface area (Å²) in [7, 11) is 4.67. The van der Waals surface area contributed by atoms with E-state index in [1.54, 1.807) is 87.0 Å². The maximum atomic E-state index is 13.8. The predicted molar refractivity (Wildman–Crippen MR) is 211 cm³/mol. The lowest BCUT2D eigenvalue weighted by molar-refractivity contribution is -0.116. The molecule has 0 saturated carbocycles. The molecule has 0 spiro atoms. The van der Waals surface area contributed by atoms with Crippen LogP contribution in [0.4, 0.5) is 11.4 Å². The average Bonchev–Trinajstić information content (AvgIpc) is 3.69. The third-order valence-corrected chi connectivity index (χ3v) is 9.45. The van der Waals surface area contributed by atoms with Crippen LogP contribution in [0.15, 0.2) is 155 Å². The van der Waals surface area contributed by atoms with Crippen LogP contribution in [0.2, 0.25) is 0 Å². The molecule has 5 aromatic carbocycles. The first-order chi connectivity index (χ1) is 26.3. The van der Waals surface area contributed by atoms with Crippen molar-refractivity contribution in [2.45, 2.75) is 10.1 Å². The van der Waals surface area contributed by atoms with Crippen LogP contribution in [0, 0.1) is 0 Å². The first-order valence-corrected chi connectivity index (χ1v) is 17.7. The second-order valence-electron chi connectivity index (χ2n) is 11.7. The Labute approximate surface area is 317 Å². The Bertz CT molecular complexity index is 2250. The molecule has 0 saturated heterocycles. The SMILES string of the molecule is COc1ccc(OC)c(NC(=O)[C@@H](Sc2ccc(NC(=O)/C(=C\c3ccc(-c4ccccc4OC)o3)NC(=O)c3ccccc3)cc2)c2ccccc2)c1. The zero-order valence-electron chi connectivity index (χ0n) is 29.7. The summed E-state index contributed by atoms with van der Waals surface area (Å²) < 4.78 is 22.4. The van der Waals surface area contributed by atoms with Crippen molar-refractivity contribution < 1.29 is 33.0 Å². The van der Waals surface area contributed by atoms with E-state index in [2.05, 4.69) is 16.0 Å². The van der Waals surface area contributed by atoms with E-state index < -0.39 is 17.1 Å². The summed E-state index contributed by atoms with van der Waals surface area (Å²) in [6.45, 7) is 0. The normalized spacial score (nSPS) is 11.6. The van der Waals surface area contributed by atoms with Crippen molar-refractivity contribution in [1.29, 1.82) is 0 Å². The minimum absolute atomic E-state index is 0.0305. The molecule has 6 rings (SSSR count). The van der Waals surface area contributed by atoms with Crippen LogP contribution in [0.1, 0.15) is 26.9 Å². The fraction of sp³-hybridized carbons (Fsp3) is 0.0930. The molecule has 1 aromatic heterocycles. The van der Waals surface area contributed by atoms with Gasteiger partial charge in [0.15, 0.2) is 0 Å². The van der Waals surface area contributed by atoms with Crippen molar-refractivity contribution in [3.8, 4) is 28.6 Å². The number of benzene rings is 5. The Morgan fingerprint density at radius 3 is 2.07 bits per heavy atom. The Morgan fingerprint density at radius 2 is 1.37 bits per heavy atom. The van der Waals surface area contributed by atoms with Gasteiger partial charge in [-0.3, -0.25) is 14.4 Å². The van der Waals surface area contributed by atoms with Gasteiger partial charge in [-0.1, -0.05) is 60.7 Å². The summed E-state index contributed by atoms with van der Waals surface area (Å²) in [6, 6.07) is 41.2. The third kappa shape index (κ3) is 9.19. The maximum absolute atomic E-state index is 13.8. The molecule has 0 fully saturated rings. The van der Waals surface area contributed by atoms with Crippen LogP contribution >= 0.6 is 11.8 Å². The summed E-state index contributed by atoms with van der Waals surface area (Å²) in [5.41, 5.74) is 2.85. The van der Waals surface area contributed by atoms with Crippen LogP contribution < -0.4 is 30.2 Å². The van der Waals surface area contributed by atoms with E-state index in [1.807, 2.05) is 66.7 Å². The van der Waals surface area contributed by atoms with E-state index in [-0.39, 0.29) is 11.6 Å². The van der Waals surface area contributed by atoms with Gasteiger partial charge in [0.25, 0.3) is 11.8 Å². The summed E-state index contributed by atoms with van der Waals surface area (Å²) in [4.78, 5) is 41.5. The Hall–Kier alpha value is -6.72. The monoisotopic (exact) mass is 739 g/mol. The lowest BCUT2D eigenvalue weighted by Gasteiger charge is -2.19. The van der Waals surface area contributed by atoms with Crippen LogP contribution in [-0.2, 0) is 9.59 Å². The summed E-state index contributed by atoms with van der Waals surface area (Å²) >= 11 is 1.35. The molecule has 54 heavy (non-hydrogen) atoms. The summed E-state index contributed by atoms with van der Waals surface area (Å²) in [5, 5.41) is 7.97. The molecule has 1 atom stereocenters. The molecule has 11 heteroatoms. The van der Waals surface area contributed by atoms with Gasteiger partial charge < -0.3 is 34.6 Å². The topological polar surface area (TPSA) is 128 Å². The number of para-hydroxylation sites is 1. The lowest BCUT2D eigenvalue weighted by Crippen LogP contribution is -2.30. The number of carbonyl (C=O) groups is 3. The Balaban J connectivity index is 1.22. The molecule has 1 heterocycles. The van der Waals surface area contributed by atoms with Gasteiger partial charge in [0.1, 0.15) is 39.7 Å². The van der Waals surface area contributed by atoms with Gasteiger partial charge in [-0.15, -0.1) is 11.8 Å². The van der Waals surface area contributed by atoms with E-state index in [1.165, 1.54) is 24.9 Å². The van der Waals surface area contributed by atoms with Gasteiger partial charge in [-0.2, -0.15) is 0 Å². The molecule has 3 amide bonds. The fourth-order valence-electron chi connectivity index (χ4n) is 5.47. The van der Waals surface area contributed by atoms with Gasteiger partial charge in [0.05, 0.1) is 32.6 Å². The molecule has 3 N–H and O–H groups in total. The molecule has 0 unspecified atom stereocenters. The van der Waals surface area contributed by atoms with E-state index in [0.717, 1.165) is 16.0 Å². The van der Waals surface area contributed by atoms with Crippen molar-refractivity contribution in [2.75, 3.05) is 32.0 Å². The quantitative estimate of drug-likeness (QED) is 0.0747. The highest BCUT2D eigenvalue weighted by molar-refractivity contribution is 8.00. The number of amides is 3. The average molecular weight is 740 g/mol. The smallest absolute Gasteiger partial charge is 0.272 e. The standard InChI is InChI=1S/C43H37N3O7S/c1-50-31-20-25-39(52-3)35(26-31)45-43(49)40(28-12-6-4-7-13-28)54-33-22-18-30(19-23-33)44-42(48)36(46-41(47)29-14-8-5-9-15-29)27-32-21-24-38(53-32)34-16-10-11-17-37(34)51-2/h4-27,40H,1-3H3,(H,44,48)(H,45,49)(H,46,47)/b36-27+/t40-/m0/s1. The fourth-order valence-corrected chi connectivity index (χ4v) is 6.49. The van der Waals surface area contributed by atoms with Crippen LogP contribution in [0.25, 0.3) is 17.4 Å². The molecule has 10 nitrogen and oxygen atoms in total. The highest BCUT2D eigenvalue weighted by Crippen LogP contribution is 2.38. The van der Waals surface area contributed by atoms with E-state index in [0.29, 0.717) is 45.7 Å². The number of rotatable bonds is 14. The minimum atomic E-state index is -0.626. The largest absolute Gasteiger partial charge is 0.497 e. The van der Waals surface area contributed by atoms with Gasteiger partial charge in [0.2, 0.25) is 5.91 Å². The molecule has 272 valence electrons. The van der Waals surface area contributed by atoms with Gasteiger partial charge in [-0.25, -0.2) is 0 Å². The van der Waals surface area contributed by atoms with Crippen LogP contribution in [0.5, 0.6) is 17.2 Å². The zero-order chi connectivity index (χ0) is 37.9. The van der Waals surface area contributed by atoms with Gasteiger partial charge in [0, 0.05) is 28.3 Å². The second-order valence-corrected chi connectivity index (χ2v) is 12.9. The third-order valence-electron chi connectivity index (χ3n) is 8.19. The predicted octanol–water partition coefficient (Wildman–Crippen LogP) is 8.85. The summed E-state index contributed by atoms with van der Waals surface area (Å²) in [5.74, 6) is 1.30. The van der Waals surface area contributed by atoms with Gasteiger partial charge >= 0.3 is 0 Å². The molecule has 0 bridgehead atoms. The lowest BCUT2D eigenvalue weighted by atomic mass is 10.1. The van der Waals surface area contributed by atoms with E-state index in [9.17, 15) is 14.4 Å². The summed E-state index contributed by atoms with van der Waals surface area (Å²) in [6.07, 6.45) is 1.47. The molecular formula is C43H37N3O7S. The molecular weight excluding hydrogens is 703 g/mol. The number of hydrogen-bond acceptors (Lipinski definition) is 8. The van der Waals surface area contributed by atoms with Crippen molar-refractivity contribution >= 4 is 46.9 Å². The number of hydrogen-bond donors (Lipinski definition) is 3. The number of methoxy groups -OCH3 is 3. The molecule has 0 aliphatic rings. The highest BCUT2D eigenvalue weighted by Gasteiger charge is 2.24. The van der Waals surface area contributed by atoms with Crippen molar-refractivity contribution in [1.82, 2.24) is 5.32 Å². The number of carbonyl (C=O) groups excluding carboxylic acids is 3. The van der Waals surface area contributed by atoms with Crippen molar-refractivity contribution in [3.05, 3.63) is 162 Å². The molecule has 6 aromatic rings. The maximum Gasteiger partial charge on any atom is 0.272 e. The zero-order valence-corrected chi connectivity index (χ0v) is 30.5. The number of ether oxygens (including phenoxy) is 3. The minimum Gasteiger partial charge on any atom is -0.497 e. The number of furan rings is 1. The Morgan fingerprint density at radius 1 is 0.685 bits per heavy atom.